The topological polar surface area (TPSA) is 29.5 Å². The van der Waals surface area contributed by atoms with E-state index in [0.29, 0.717) is 6.54 Å². The molecule has 1 unspecified atom stereocenters. The molecule has 25 heavy (non-hydrogen) atoms. The Morgan fingerprint density at radius 3 is 2.16 bits per heavy atom. The minimum Gasteiger partial charge on any atom is -0.439 e. The lowest BCUT2D eigenvalue weighted by Gasteiger charge is -2.25. The molecule has 0 aliphatic carbocycles. The van der Waals surface area contributed by atoms with Crippen LogP contribution in [0.25, 0.3) is 0 Å². The van der Waals surface area contributed by atoms with Crippen molar-refractivity contribution < 1.29 is 9.53 Å². The van der Waals surface area contributed by atoms with Gasteiger partial charge in [-0.05, 0) is 23.3 Å². The first kappa shape index (κ1) is 16.2. The zero-order chi connectivity index (χ0) is 17.2. The number of amides is 1. The van der Waals surface area contributed by atoms with Gasteiger partial charge in [-0.15, -0.1) is 11.3 Å². The summed E-state index contributed by atoms with van der Waals surface area (Å²) in [7, 11) is 0. The molecule has 1 saturated heterocycles. The molecule has 2 atom stereocenters. The van der Waals surface area contributed by atoms with Crippen molar-refractivity contribution in [2.45, 2.75) is 18.7 Å². The molecule has 5 heteroatoms. The number of benzene rings is 2. The summed E-state index contributed by atoms with van der Waals surface area (Å²) in [5.41, 5.74) is 2.06. The highest BCUT2D eigenvalue weighted by Crippen LogP contribution is 2.44. The largest absolute Gasteiger partial charge is 0.439 e. The van der Waals surface area contributed by atoms with E-state index in [4.69, 9.17) is 16.3 Å². The van der Waals surface area contributed by atoms with Gasteiger partial charge in [0.2, 0.25) is 0 Å². The number of carbonyl (C=O) groups excluding carboxylic acids is 1. The van der Waals surface area contributed by atoms with Gasteiger partial charge in [0, 0.05) is 4.88 Å². The van der Waals surface area contributed by atoms with Crippen LogP contribution in [0.4, 0.5) is 4.79 Å². The predicted octanol–water partition coefficient (Wildman–Crippen LogP) is 5.84. The molecule has 1 aliphatic rings. The highest BCUT2D eigenvalue weighted by atomic mass is 35.5. The van der Waals surface area contributed by atoms with Crippen LogP contribution in [0.3, 0.4) is 0 Å². The molecule has 2 heterocycles. The second-order valence-electron chi connectivity index (χ2n) is 5.90. The van der Waals surface area contributed by atoms with Gasteiger partial charge in [0.1, 0.15) is 6.04 Å². The van der Waals surface area contributed by atoms with Crippen LogP contribution >= 0.6 is 22.9 Å². The normalized spacial score (nSPS) is 19.9. The Morgan fingerprint density at radius 1 is 0.920 bits per heavy atom. The first-order valence-electron chi connectivity index (χ1n) is 8.04. The van der Waals surface area contributed by atoms with Crippen LogP contribution in [-0.2, 0) is 11.3 Å². The highest BCUT2D eigenvalue weighted by molar-refractivity contribution is 7.16. The monoisotopic (exact) mass is 369 g/mol. The van der Waals surface area contributed by atoms with Gasteiger partial charge in [-0.2, -0.15) is 0 Å². The summed E-state index contributed by atoms with van der Waals surface area (Å²) in [5.74, 6) is 0. The van der Waals surface area contributed by atoms with Crippen LogP contribution < -0.4 is 0 Å². The van der Waals surface area contributed by atoms with Gasteiger partial charge in [0.25, 0.3) is 0 Å². The summed E-state index contributed by atoms with van der Waals surface area (Å²) in [6.45, 7) is 0.485. The maximum Gasteiger partial charge on any atom is 0.411 e. The van der Waals surface area contributed by atoms with Crippen molar-refractivity contribution in [2.24, 2.45) is 0 Å². The molecule has 2 aromatic carbocycles. The van der Waals surface area contributed by atoms with Crippen molar-refractivity contribution in [3.05, 3.63) is 93.1 Å². The lowest BCUT2D eigenvalue weighted by molar-refractivity contribution is 0.129. The summed E-state index contributed by atoms with van der Waals surface area (Å²) < 4.78 is 6.49. The zero-order valence-corrected chi connectivity index (χ0v) is 14.9. The average molecular weight is 370 g/mol. The quantitative estimate of drug-likeness (QED) is 0.578. The molecule has 0 bridgehead atoms. The molecule has 1 aliphatic heterocycles. The standard InChI is InChI=1S/C20H16ClNO2S/c21-17-12-11-16(25-17)13-22-18(14-7-3-1-4-8-14)19(24-20(22)23)15-9-5-2-6-10-15/h1-12,18-19H,13H2/t18?,19-/m1/s1. The van der Waals surface area contributed by atoms with E-state index in [1.54, 1.807) is 4.90 Å². The molecular formula is C20H16ClNO2S. The summed E-state index contributed by atoms with van der Waals surface area (Å²) in [4.78, 5) is 15.5. The molecule has 0 radical (unpaired) electrons. The predicted molar refractivity (Wildman–Crippen MR) is 99.7 cm³/mol. The maximum atomic E-state index is 12.6. The van der Waals surface area contributed by atoms with Gasteiger partial charge >= 0.3 is 6.09 Å². The van der Waals surface area contributed by atoms with Gasteiger partial charge in [0.15, 0.2) is 6.10 Å². The van der Waals surface area contributed by atoms with Crippen molar-refractivity contribution in [1.82, 2.24) is 4.90 Å². The summed E-state index contributed by atoms with van der Waals surface area (Å²) in [6.07, 6.45) is -0.626. The molecule has 1 amide bonds. The third-order valence-corrected chi connectivity index (χ3v) is 5.52. The smallest absolute Gasteiger partial charge is 0.411 e. The Balaban J connectivity index is 1.72. The summed E-state index contributed by atoms with van der Waals surface area (Å²) >= 11 is 7.53. The highest BCUT2D eigenvalue weighted by Gasteiger charge is 2.43. The number of carbonyl (C=O) groups is 1. The average Bonchev–Trinajstić information content (AvgIpc) is 3.20. The minimum absolute atomic E-state index is 0.169. The van der Waals surface area contributed by atoms with Crippen molar-refractivity contribution in [3.63, 3.8) is 0 Å². The van der Waals surface area contributed by atoms with Gasteiger partial charge in [0.05, 0.1) is 10.9 Å². The fourth-order valence-electron chi connectivity index (χ4n) is 3.18. The Kier molecular flexibility index (Phi) is 4.47. The van der Waals surface area contributed by atoms with E-state index in [2.05, 4.69) is 0 Å². The molecule has 1 aromatic heterocycles. The number of nitrogens with zero attached hydrogens (tertiary/aromatic N) is 1. The van der Waals surface area contributed by atoms with E-state index in [-0.39, 0.29) is 18.2 Å². The molecule has 126 valence electrons. The fourth-order valence-corrected chi connectivity index (χ4v) is 4.27. The molecule has 0 N–H and O–H groups in total. The summed E-state index contributed by atoms with van der Waals surface area (Å²) in [5, 5.41) is 0. The van der Waals surface area contributed by atoms with E-state index in [1.807, 2.05) is 72.8 Å². The molecule has 1 fully saturated rings. The minimum atomic E-state index is -0.327. The van der Waals surface area contributed by atoms with Gasteiger partial charge in [-0.1, -0.05) is 72.3 Å². The molecule has 0 spiro atoms. The SMILES string of the molecule is O=C1O[C@H](c2ccccc2)C(c2ccccc2)N1Cc1ccc(Cl)s1. The van der Waals surface area contributed by atoms with E-state index in [9.17, 15) is 4.79 Å². The second kappa shape index (κ2) is 6.90. The third-order valence-electron chi connectivity index (χ3n) is 4.31. The number of hydrogen-bond acceptors (Lipinski definition) is 3. The first-order valence-corrected chi connectivity index (χ1v) is 9.23. The number of cyclic esters (lactones) is 1. The number of rotatable bonds is 4. The van der Waals surface area contributed by atoms with Gasteiger partial charge in [-0.25, -0.2) is 4.79 Å². The molecular weight excluding hydrogens is 354 g/mol. The number of hydrogen-bond donors (Lipinski definition) is 0. The Labute approximate surface area is 155 Å². The van der Waals surface area contributed by atoms with E-state index in [0.717, 1.165) is 20.3 Å². The third kappa shape index (κ3) is 3.28. The van der Waals surface area contributed by atoms with Crippen LogP contribution in [-0.4, -0.2) is 11.0 Å². The lowest BCUT2D eigenvalue weighted by Crippen LogP contribution is -2.27. The van der Waals surface area contributed by atoms with Gasteiger partial charge < -0.3 is 4.74 Å². The molecule has 0 saturated carbocycles. The van der Waals surface area contributed by atoms with Gasteiger partial charge in [-0.3, -0.25) is 4.90 Å². The van der Waals surface area contributed by atoms with Crippen molar-refractivity contribution in [1.29, 1.82) is 0 Å². The van der Waals surface area contributed by atoms with Crippen molar-refractivity contribution >= 4 is 29.0 Å². The van der Waals surface area contributed by atoms with Crippen LogP contribution in [0.15, 0.2) is 72.8 Å². The van der Waals surface area contributed by atoms with Crippen LogP contribution in [0, 0.1) is 0 Å². The Hall–Kier alpha value is -2.30. The van der Waals surface area contributed by atoms with E-state index >= 15 is 0 Å². The first-order chi connectivity index (χ1) is 12.2. The fraction of sp³-hybridized carbons (Fsp3) is 0.150. The number of ether oxygens (including phenoxy) is 1. The molecule has 3 aromatic rings. The molecule has 3 nitrogen and oxygen atoms in total. The van der Waals surface area contributed by atoms with E-state index < -0.39 is 0 Å². The number of halogens is 1. The summed E-state index contributed by atoms with van der Waals surface area (Å²) in [6, 6.07) is 23.6. The van der Waals surface area contributed by atoms with E-state index in [1.165, 1.54) is 11.3 Å². The zero-order valence-electron chi connectivity index (χ0n) is 13.3. The van der Waals surface area contributed by atoms with Crippen LogP contribution in [0.5, 0.6) is 0 Å². The maximum absolute atomic E-state index is 12.6. The van der Waals surface area contributed by atoms with Crippen molar-refractivity contribution in [3.8, 4) is 0 Å². The second-order valence-corrected chi connectivity index (χ2v) is 7.70. The van der Waals surface area contributed by atoms with Crippen molar-refractivity contribution in [2.75, 3.05) is 0 Å². The lowest BCUT2D eigenvalue weighted by atomic mass is 9.95. The van der Waals surface area contributed by atoms with Crippen LogP contribution in [0.2, 0.25) is 4.34 Å². The molecule has 4 rings (SSSR count). The van der Waals surface area contributed by atoms with Crippen LogP contribution in [0.1, 0.15) is 28.1 Å². The Bertz CT molecular complexity index is 866. The number of thiophene rings is 1. The Morgan fingerprint density at radius 2 is 1.56 bits per heavy atom.